The standard InChI is InChI=1S/C31H37ClFN5O4/c1-16-24(33)19(8-13-35-16)23-25(27(40)36-18-5-7-22(26(34)39)42-15-18)38-30(11-9-29(2,3)10-12-30)31(23)20-6-4-17(32)14-21(20)37-28(31)41/h4,6,8,13-14,18,22-23,25,38H,5,7,9-12,15H2,1-3H3,(H2,34,39)(H,36,40)(H,37,41)/t18-,22+,23+,25-,31-/m1/s1. The maximum atomic E-state index is 16.1. The number of nitrogens with zero attached hydrogens (tertiary/aromatic N) is 1. The van der Waals surface area contributed by atoms with Crippen molar-refractivity contribution in [2.24, 2.45) is 11.1 Å². The number of nitrogens with two attached hydrogens (primary N) is 1. The molecule has 42 heavy (non-hydrogen) atoms. The summed E-state index contributed by atoms with van der Waals surface area (Å²) in [7, 11) is 0. The lowest BCUT2D eigenvalue weighted by Crippen LogP contribution is -2.61. The van der Waals surface area contributed by atoms with Crippen molar-refractivity contribution in [3.63, 3.8) is 0 Å². The van der Waals surface area contributed by atoms with Gasteiger partial charge >= 0.3 is 0 Å². The third-order valence-corrected chi connectivity index (χ3v) is 10.3. The number of anilines is 1. The molecule has 9 nitrogen and oxygen atoms in total. The molecule has 3 fully saturated rings. The van der Waals surface area contributed by atoms with Crippen LogP contribution in [0.3, 0.4) is 0 Å². The zero-order chi connectivity index (χ0) is 30.0. The van der Waals surface area contributed by atoms with Crippen LogP contribution in [0.15, 0.2) is 30.5 Å². The second-order valence-electron chi connectivity index (χ2n) is 13.1. The van der Waals surface area contributed by atoms with Crippen molar-refractivity contribution in [1.82, 2.24) is 15.6 Å². The number of halogens is 2. The lowest BCUT2D eigenvalue weighted by molar-refractivity contribution is -0.134. The van der Waals surface area contributed by atoms with Gasteiger partial charge in [-0.15, -0.1) is 0 Å². The Labute approximate surface area is 249 Å². The van der Waals surface area contributed by atoms with Gasteiger partial charge in [0.15, 0.2) is 0 Å². The number of primary amides is 1. The van der Waals surface area contributed by atoms with Crippen molar-refractivity contribution in [3.8, 4) is 0 Å². The number of carbonyl (C=O) groups excluding carboxylic acids is 3. The summed E-state index contributed by atoms with van der Waals surface area (Å²) in [5.74, 6) is -2.57. The second-order valence-corrected chi connectivity index (χ2v) is 13.5. The molecule has 2 saturated heterocycles. The van der Waals surface area contributed by atoms with E-state index in [-0.39, 0.29) is 41.1 Å². The molecule has 5 atom stereocenters. The SMILES string of the molecule is Cc1nccc([C@H]2[C@H](C(=O)N[C@@H]3CC[C@@H](C(N)=O)OC3)NC3(CCC(C)(C)CC3)[C@@]23C(=O)Nc2cc(Cl)ccc23)c1F. The molecule has 0 radical (unpaired) electrons. The summed E-state index contributed by atoms with van der Waals surface area (Å²) >= 11 is 6.36. The van der Waals surface area contributed by atoms with Gasteiger partial charge in [-0.3, -0.25) is 24.7 Å². The number of nitrogens with one attached hydrogen (secondary N) is 3. The maximum Gasteiger partial charge on any atom is 0.246 e. The van der Waals surface area contributed by atoms with Crippen molar-refractivity contribution in [2.75, 3.05) is 11.9 Å². The van der Waals surface area contributed by atoms with Crippen LogP contribution in [0.5, 0.6) is 0 Å². The first kappa shape index (κ1) is 29.0. The molecule has 6 rings (SSSR count). The summed E-state index contributed by atoms with van der Waals surface area (Å²) < 4.78 is 21.7. The Morgan fingerprint density at radius 1 is 1.17 bits per heavy atom. The molecule has 1 aromatic heterocycles. The van der Waals surface area contributed by atoms with Gasteiger partial charge in [0.2, 0.25) is 17.7 Å². The lowest BCUT2D eigenvalue weighted by atomic mass is 9.53. The average Bonchev–Trinajstić information content (AvgIpc) is 3.40. The molecule has 1 aromatic carbocycles. The molecular weight excluding hydrogens is 561 g/mol. The molecule has 2 aromatic rings. The Kier molecular flexibility index (Phi) is 7.10. The predicted octanol–water partition coefficient (Wildman–Crippen LogP) is 3.62. The first-order valence-corrected chi connectivity index (χ1v) is 15.0. The van der Waals surface area contributed by atoms with E-state index in [0.717, 1.165) is 12.8 Å². The minimum atomic E-state index is -1.29. The van der Waals surface area contributed by atoms with Crippen LogP contribution in [-0.4, -0.2) is 53.0 Å². The number of pyridine rings is 1. The number of aromatic nitrogens is 1. The van der Waals surface area contributed by atoms with E-state index >= 15 is 4.39 Å². The van der Waals surface area contributed by atoms with E-state index in [4.69, 9.17) is 22.1 Å². The summed E-state index contributed by atoms with van der Waals surface area (Å²) in [5, 5.41) is 10.3. The Morgan fingerprint density at radius 2 is 1.90 bits per heavy atom. The number of carbonyl (C=O) groups is 3. The third-order valence-electron chi connectivity index (χ3n) is 10.1. The van der Waals surface area contributed by atoms with Crippen LogP contribution in [0, 0.1) is 18.2 Å². The van der Waals surface area contributed by atoms with Crippen molar-refractivity contribution in [2.45, 2.75) is 94.4 Å². The molecule has 3 amide bonds. The molecule has 5 N–H and O–H groups in total. The van der Waals surface area contributed by atoms with Gasteiger partial charge in [-0.05, 0) is 80.2 Å². The fourth-order valence-corrected chi connectivity index (χ4v) is 8.02. The van der Waals surface area contributed by atoms with Gasteiger partial charge in [0, 0.05) is 28.4 Å². The monoisotopic (exact) mass is 597 g/mol. The predicted molar refractivity (Wildman–Crippen MR) is 155 cm³/mol. The van der Waals surface area contributed by atoms with E-state index in [1.54, 1.807) is 25.1 Å². The molecule has 1 saturated carbocycles. The van der Waals surface area contributed by atoms with Crippen LogP contribution in [0.25, 0.3) is 0 Å². The maximum absolute atomic E-state index is 16.1. The molecule has 0 bridgehead atoms. The minimum absolute atomic E-state index is 0.0524. The highest BCUT2D eigenvalue weighted by molar-refractivity contribution is 6.31. The van der Waals surface area contributed by atoms with Gasteiger partial charge in [-0.25, -0.2) is 4.39 Å². The minimum Gasteiger partial charge on any atom is -0.367 e. The number of benzene rings is 1. The number of rotatable bonds is 4. The van der Waals surface area contributed by atoms with Crippen LogP contribution in [0.4, 0.5) is 10.1 Å². The summed E-state index contributed by atoms with van der Waals surface area (Å²) in [5.41, 5.74) is 5.08. The van der Waals surface area contributed by atoms with E-state index < -0.39 is 40.7 Å². The van der Waals surface area contributed by atoms with Gasteiger partial charge in [0.05, 0.1) is 24.4 Å². The summed E-state index contributed by atoms with van der Waals surface area (Å²) in [4.78, 5) is 44.5. The van der Waals surface area contributed by atoms with Gasteiger partial charge in [-0.1, -0.05) is 31.5 Å². The van der Waals surface area contributed by atoms with Crippen LogP contribution >= 0.6 is 11.6 Å². The molecule has 2 spiro atoms. The van der Waals surface area contributed by atoms with Crippen molar-refractivity contribution in [1.29, 1.82) is 0 Å². The fourth-order valence-electron chi connectivity index (χ4n) is 7.84. The normalized spacial score (nSPS) is 31.1. The molecular formula is C31H37ClFN5O4. The van der Waals surface area contributed by atoms with E-state index in [1.165, 1.54) is 6.20 Å². The molecule has 4 aliphatic rings. The topological polar surface area (TPSA) is 135 Å². The fraction of sp³-hybridized carbons (Fsp3) is 0.548. The van der Waals surface area contributed by atoms with Crippen LogP contribution in [0.1, 0.15) is 75.1 Å². The Morgan fingerprint density at radius 3 is 2.57 bits per heavy atom. The summed E-state index contributed by atoms with van der Waals surface area (Å²) in [6, 6.07) is 5.60. The highest BCUT2D eigenvalue weighted by Crippen LogP contribution is 2.64. The number of fused-ring (bicyclic) bond motifs is 3. The molecule has 0 unspecified atom stereocenters. The zero-order valence-corrected chi connectivity index (χ0v) is 24.8. The van der Waals surface area contributed by atoms with Crippen LogP contribution < -0.4 is 21.7 Å². The second kappa shape index (κ2) is 10.3. The van der Waals surface area contributed by atoms with Crippen LogP contribution in [0.2, 0.25) is 5.02 Å². The first-order chi connectivity index (χ1) is 19.9. The third kappa shape index (κ3) is 4.41. The molecule has 1 aliphatic carbocycles. The molecule has 3 aliphatic heterocycles. The van der Waals surface area contributed by atoms with Gasteiger partial charge in [0.1, 0.15) is 17.3 Å². The lowest BCUT2D eigenvalue weighted by Gasteiger charge is -2.50. The Hall–Kier alpha value is -3.08. The van der Waals surface area contributed by atoms with E-state index in [0.29, 0.717) is 42.0 Å². The van der Waals surface area contributed by atoms with E-state index in [2.05, 4.69) is 34.8 Å². The van der Waals surface area contributed by atoms with E-state index in [1.807, 2.05) is 6.07 Å². The van der Waals surface area contributed by atoms with Crippen molar-refractivity contribution in [3.05, 3.63) is 58.1 Å². The highest BCUT2D eigenvalue weighted by Gasteiger charge is 2.73. The van der Waals surface area contributed by atoms with Gasteiger partial charge in [-0.2, -0.15) is 0 Å². The summed E-state index contributed by atoms with van der Waals surface area (Å²) in [6.45, 7) is 6.13. The van der Waals surface area contributed by atoms with Crippen LogP contribution in [-0.2, 0) is 24.5 Å². The number of hydrogen-bond acceptors (Lipinski definition) is 6. The smallest absolute Gasteiger partial charge is 0.246 e. The largest absolute Gasteiger partial charge is 0.367 e. The number of hydrogen-bond donors (Lipinski definition) is 4. The quantitative estimate of drug-likeness (QED) is 0.425. The Bertz CT molecular complexity index is 1450. The highest BCUT2D eigenvalue weighted by atomic mass is 35.5. The van der Waals surface area contributed by atoms with E-state index in [9.17, 15) is 14.4 Å². The summed E-state index contributed by atoms with van der Waals surface area (Å²) in [6.07, 6.45) is 4.62. The van der Waals surface area contributed by atoms with Crippen molar-refractivity contribution >= 4 is 35.0 Å². The van der Waals surface area contributed by atoms with Crippen molar-refractivity contribution < 1.29 is 23.5 Å². The number of ether oxygens (including phenoxy) is 1. The molecule has 224 valence electrons. The molecule has 11 heteroatoms. The van der Waals surface area contributed by atoms with Gasteiger partial charge in [0.25, 0.3) is 0 Å². The number of aryl methyl sites for hydroxylation is 1. The number of amides is 3. The zero-order valence-electron chi connectivity index (χ0n) is 24.1. The Balaban J connectivity index is 1.49. The molecule has 4 heterocycles. The first-order valence-electron chi connectivity index (χ1n) is 14.6. The average molecular weight is 598 g/mol. The van der Waals surface area contributed by atoms with Gasteiger partial charge < -0.3 is 21.1 Å².